The van der Waals surface area contributed by atoms with Crippen LogP contribution in [0.2, 0.25) is 0 Å². The fourth-order valence-electron chi connectivity index (χ4n) is 1.66. The molecule has 4 heteroatoms. The van der Waals surface area contributed by atoms with Gasteiger partial charge < -0.3 is 15.0 Å². The molecule has 0 bridgehead atoms. The van der Waals surface area contributed by atoms with Crippen molar-refractivity contribution < 1.29 is 9.53 Å². The lowest BCUT2D eigenvalue weighted by Crippen LogP contribution is -2.24. The molecule has 2 N–H and O–H groups in total. The van der Waals surface area contributed by atoms with E-state index in [-0.39, 0.29) is 5.91 Å². The minimum Gasteiger partial charge on any atom is -0.497 e. The third-order valence-electron chi connectivity index (χ3n) is 2.66. The number of aromatic amines is 1. The number of nitrogens with one attached hydrogen (secondary N) is 2. The summed E-state index contributed by atoms with van der Waals surface area (Å²) in [7, 11) is 1.63. The molecule has 0 radical (unpaired) electrons. The molecular formula is C14H16N2O2. The first-order valence-corrected chi connectivity index (χ1v) is 5.80. The predicted octanol–water partition coefficient (Wildman–Crippen LogP) is 1.88. The molecule has 2 rings (SSSR count). The molecule has 18 heavy (non-hydrogen) atoms. The van der Waals surface area contributed by atoms with E-state index in [4.69, 9.17) is 4.74 Å². The summed E-state index contributed by atoms with van der Waals surface area (Å²) in [6.07, 6.45) is 2.19. The van der Waals surface area contributed by atoms with Crippen molar-refractivity contribution in [1.29, 1.82) is 0 Å². The highest BCUT2D eigenvalue weighted by atomic mass is 16.5. The standard InChI is InChI=1S/C14H16N2O2/c1-18-13-6-4-11(5-7-13)10-16-14(17)9-12-3-2-8-15-12/h2-8,15H,9-10H2,1H3,(H,16,17). The number of carbonyl (C=O) groups is 1. The van der Waals surface area contributed by atoms with Gasteiger partial charge in [0.1, 0.15) is 5.75 Å². The van der Waals surface area contributed by atoms with Crippen LogP contribution in [0.3, 0.4) is 0 Å². The second kappa shape index (κ2) is 5.91. The van der Waals surface area contributed by atoms with Gasteiger partial charge >= 0.3 is 0 Å². The fraction of sp³-hybridized carbons (Fsp3) is 0.214. The first-order valence-electron chi connectivity index (χ1n) is 5.80. The number of hydrogen-bond donors (Lipinski definition) is 2. The van der Waals surface area contributed by atoms with Crippen molar-refractivity contribution in [3.8, 4) is 5.75 Å². The molecule has 4 nitrogen and oxygen atoms in total. The van der Waals surface area contributed by atoms with E-state index in [9.17, 15) is 4.79 Å². The number of H-pyrrole nitrogens is 1. The molecular weight excluding hydrogens is 228 g/mol. The van der Waals surface area contributed by atoms with E-state index < -0.39 is 0 Å². The Bertz CT molecular complexity index is 489. The third kappa shape index (κ3) is 3.38. The maximum absolute atomic E-state index is 11.7. The van der Waals surface area contributed by atoms with Crippen LogP contribution in [-0.4, -0.2) is 18.0 Å². The summed E-state index contributed by atoms with van der Waals surface area (Å²) in [6, 6.07) is 11.4. The zero-order chi connectivity index (χ0) is 12.8. The van der Waals surface area contributed by atoms with Crippen LogP contribution < -0.4 is 10.1 Å². The first kappa shape index (κ1) is 12.2. The van der Waals surface area contributed by atoms with Crippen molar-refractivity contribution in [3.05, 3.63) is 53.9 Å². The van der Waals surface area contributed by atoms with Crippen molar-refractivity contribution in [3.63, 3.8) is 0 Å². The van der Waals surface area contributed by atoms with E-state index in [2.05, 4.69) is 10.3 Å². The highest BCUT2D eigenvalue weighted by Gasteiger charge is 2.03. The molecule has 94 valence electrons. The van der Waals surface area contributed by atoms with Gasteiger partial charge in [-0.15, -0.1) is 0 Å². The molecule has 0 aliphatic carbocycles. The average molecular weight is 244 g/mol. The summed E-state index contributed by atoms with van der Waals surface area (Å²) in [4.78, 5) is 14.7. The smallest absolute Gasteiger partial charge is 0.226 e. The van der Waals surface area contributed by atoms with Crippen LogP contribution in [0.4, 0.5) is 0 Å². The quantitative estimate of drug-likeness (QED) is 0.843. The largest absolute Gasteiger partial charge is 0.497 e. The van der Waals surface area contributed by atoms with Gasteiger partial charge in [0.05, 0.1) is 13.5 Å². The number of hydrogen-bond acceptors (Lipinski definition) is 2. The van der Waals surface area contributed by atoms with Gasteiger partial charge in [0, 0.05) is 18.4 Å². The van der Waals surface area contributed by atoms with Gasteiger partial charge in [-0.1, -0.05) is 12.1 Å². The summed E-state index contributed by atoms with van der Waals surface area (Å²) >= 11 is 0. The topological polar surface area (TPSA) is 54.1 Å². The molecule has 1 heterocycles. The lowest BCUT2D eigenvalue weighted by molar-refractivity contribution is -0.120. The molecule has 0 fully saturated rings. The minimum absolute atomic E-state index is 0.00766. The zero-order valence-corrected chi connectivity index (χ0v) is 10.3. The van der Waals surface area contributed by atoms with E-state index in [0.29, 0.717) is 13.0 Å². The molecule has 0 spiro atoms. The van der Waals surface area contributed by atoms with Gasteiger partial charge in [-0.25, -0.2) is 0 Å². The molecule has 0 aliphatic rings. The lowest BCUT2D eigenvalue weighted by Gasteiger charge is -2.05. The normalized spacial score (nSPS) is 10.1. The summed E-state index contributed by atoms with van der Waals surface area (Å²) in [6.45, 7) is 0.531. The molecule has 0 saturated carbocycles. The van der Waals surface area contributed by atoms with Crippen molar-refractivity contribution in [2.24, 2.45) is 0 Å². The molecule has 0 saturated heterocycles. The van der Waals surface area contributed by atoms with Gasteiger partial charge in [-0.2, -0.15) is 0 Å². The maximum Gasteiger partial charge on any atom is 0.226 e. The van der Waals surface area contributed by atoms with Crippen LogP contribution >= 0.6 is 0 Å². The summed E-state index contributed by atoms with van der Waals surface area (Å²) in [5, 5.41) is 2.87. The Morgan fingerprint density at radius 1 is 1.28 bits per heavy atom. The Balaban J connectivity index is 1.81. The number of methoxy groups -OCH3 is 1. The number of benzene rings is 1. The Kier molecular flexibility index (Phi) is 4.02. The van der Waals surface area contributed by atoms with Gasteiger partial charge in [0.25, 0.3) is 0 Å². The van der Waals surface area contributed by atoms with Crippen LogP contribution in [0, 0.1) is 0 Å². The molecule has 0 aliphatic heterocycles. The van der Waals surface area contributed by atoms with Gasteiger partial charge in [-0.3, -0.25) is 4.79 Å². The predicted molar refractivity (Wildman–Crippen MR) is 69.3 cm³/mol. The SMILES string of the molecule is COc1ccc(CNC(=O)Cc2ccc[nH]2)cc1. The van der Waals surface area contributed by atoms with E-state index in [1.807, 2.05) is 42.6 Å². The number of aromatic nitrogens is 1. The highest BCUT2D eigenvalue weighted by molar-refractivity contribution is 5.78. The Morgan fingerprint density at radius 2 is 2.06 bits per heavy atom. The van der Waals surface area contributed by atoms with Crippen molar-refractivity contribution in [2.75, 3.05) is 7.11 Å². The summed E-state index contributed by atoms with van der Waals surface area (Å²) in [5.74, 6) is 0.824. The van der Waals surface area contributed by atoms with Crippen LogP contribution in [0.5, 0.6) is 5.75 Å². The number of carbonyl (C=O) groups excluding carboxylic acids is 1. The Hall–Kier alpha value is -2.23. The second-order valence-electron chi connectivity index (χ2n) is 4.00. The summed E-state index contributed by atoms with van der Waals surface area (Å²) < 4.78 is 5.07. The minimum atomic E-state index is 0.00766. The molecule has 2 aromatic rings. The van der Waals surface area contributed by atoms with Gasteiger partial charge in [-0.05, 0) is 29.8 Å². The highest BCUT2D eigenvalue weighted by Crippen LogP contribution is 2.10. The van der Waals surface area contributed by atoms with Crippen molar-refractivity contribution in [2.45, 2.75) is 13.0 Å². The maximum atomic E-state index is 11.7. The van der Waals surface area contributed by atoms with Crippen molar-refractivity contribution in [1.82, 2.24) is 10.3 Å². The van der Waals surface area contributed by atoms with Crippen LogP contribution in [0.1, 0.15) is 11.3 Å². The van der Waals surface area contributed by atoms with E-state index in [1.54, 1.807) is 7.11 Å². The molecule has 1 amide bonds. The van der Waals surface area contributed by atoms with E-state index >= 15 is 0 Å². The molecule has 1 aromatic heterocycles. The van der Waals surface area contributed by atoms with E-state index in [0.717, 1.165) is 17.0 Å². The van der Waals surface area contributed by atoms with Gasteiger partial charge in [0.15, 0.2) is 0 Å². The Labute approximate surface area is 106 Å². The van der Waals surface area contributed by atoms with Crippen LogP contribution in [0.25, 0.3) is 0 Å². The first-order chi connectivity index (χ1) is 8.78. The monoisotopic (exact) mass is 244 g/mol. The number of rotatable bonds is 5. The third-order valence-corrected chi connectivity index (χ3v) is 2.66. The van der Waals surface area contributed by atoms with Gasteiger partial charge in [0.2, 0.25) is 5.91 Å². The molecule has 1 aromatic carbocycles. The summed E-state index contributed by atoms with van der Waals surface area (Å²) in [5.41, 5.74) is 1.97. The fourth-order valence-corrected chi connectivity index (χ4v) is 1.66. The number of amides is 1. The second-order valence-corrected chi connectivity index (χ2v) is 4.00. The van der Waals surface area contributed by atoms with Crippen molar-refractivity contribution >= 4 is 5.91 Å². The van der Waals surface area contributed by atoms with Crippen LogP contribution in [-0.2, 0) is 17.8 Å². The number of ether oxygens (including phenoxy) is 1. The molecule has 0 atom stereocenters. The van der Waals surface area contributed by atoms with E-state index in [1.165, 1.54) is 0 Å². The lowest BCUT2D eigenvalue weighted by atomic mass is 10.2. The van der Waals surface area contributed by atoms with Crippen LogP contribution in [0.15, 0.2) is 42.6 Å². The average Bonchev–Trinajstić information content (AvgIpc) is 2.90. The Morgan fingerprint density at radius 3 is 2.67 bits per heavy atom. The molecule has 0 unspecified atom stereocenters. The zero-order valence-electron chi connectivity index (χ0n) is 10.3.